The summed E-state index contributed by atoms with van der Waals surface area (Å²) in [5.74, 6) is -0.212. The lowest BCUT2D eigenvalue weighted by Gasteiger charge is -2.12. The summed E-state index contributed by atoms with van der Waals surface area (Å²) in [5.41, 5.74) is 8.82. The number of aryl methyl sites for hydroxylation is 2. The first-order valence-electron chi connectivity index (χ1n) is 6.61. The van der Waals surface area contributed by atoms with Gasteiger partial charge in [0.1, 0.15) is 0 Å². The topological polar surface area (TPSA) is 88.2 Å². The number of rotatable bonds is 3. The van der Waals surface area contributed by atoms with E-state index < -0.39 is 6.10 Å². The summed E-state index contributed by atoms with van der Waals surface area (Å²) in [6, 6.07) is 1.72. The van der Waals surface area contributed by atoms with Gasteiger partial charge in [-0.05, 0) is 43.9 Å². The van der Waals surface area contributed by atoms with E-state index in [1.165, 1.54) is 0 Å². The van der Waals surface area contributed by atoms with Gasteiger partial charge in [0.05, 0.1) is 6.10 Å². The van der Waals surface area contributed by atoms with E-state index in [0.29, 0.717) is 19.4 Å². The highest BCUT2D eigenvalue weighted by Crippen LogP contribution is 2.24. The van der Waals surface area contributed by atoms with Crippen LogP contribution in [0, 0.1) is 19.8 Å². The number of hydrogen-bond acceptors (Lipinski definition) is 4. The standard InChI is InChI=1S/C14H21N3O2/c1-8-3-9(2)16-6-11(8)7-17-14(19)10-4-12(15)13(18)5-10/h3,6,10,12-13,18H,4-5,7,15H2,1-2H3,(H,17,19)/t10-,12-,13-/m0/s1. The molecule has 5 nitrogen and oxygen atoms in total. The summed E-state index contributed by atoms with van der Waals surface area (Å²) in [7, 11) is 0. The number of aromatic nitrogens is 1. The molecule has 104 valence electrons. The van der Waals surface area contributed by atoms with Crippen LogP contribution in [0.5, 0.6) is 0 Å². The van der Waals surface area contributed by atoms with Crippen LogP contribution in [0.15, 0.2) is 12.3 Å². The van der Waals surface area contributed by atoms with E-state index in [4.69, 9.17) is 5.73 Å². The lowest BCUT2D eigenvalue weighted by molar-refractivity contribution is -0.125. The van der Waals surface area contributed by atoms with Crippen LogP contribution < -0.4 is 11.1 Å². The fourth-order valence-corrected chi connectivity index (χ4v) is 2.50. The summed E-state index contributed by atoms with van der Waals surface area (Å²) in [6.45, 7) is 4.42. The molecule has 1 aromatic rings. The number of carbonyl (C=O) groups excluding carboxylic acids is 1. The molecule has 1 amide bonds. The molecule has 0 aliphatic heterocycles. The van der Waals surface area contributed by atoms with Crippen molar-refractivity contribution in [3.8, 4) is 0 Å². The van der Waals surface area contributed by atoms with Gasteiger partial charge in [0.25, 0.3) is 0 Å². The Morgan fingerprint density at radius 3 is 2.84 bits per heavy atom. The van der Waals surface area contributed by atoms with Gasteiger partial charge in [0, 0.05) is 30.4 Å². The summed E-state index contributed by atoms with van der Waals surface area (Å²) >= 11 is 0. The monoisotopic (exact) mass is 263 g/mol. The Hall–Kier alpha value is -1.46. The highest BCUT2D eigenvalue weighted by Gasteiger charge is 2.34. The number of pyridine rings is 1. The van der Waals surface area contributed by atoms with E-state index in [2.05, 4.69) is 10.3 Å². The summed E-state index contributed by atoms with van der Waals surface area (Å²) in [5, 5.41) is 12.5. The first-order valence-corrected chi connectivity index (χ1v) is 6.61. The number of aliphatic hydroxyl groups excluding tert-OH is 1. The maximum atomic E-state index is 12.0. The zero-order valence-corrected chi connectivity index (χ0v) is 11.4. The summed E-state index contributed by atoms with van der Waals surface area (Å²) < 4.78 is 0. The molecule has 2 rings (SSSR count). The smallest absolute Gasteiger partial charge is 0.223 e. The van der Waals surface area contributed by atoms with Crippen molar-refractivity contribution in [3.63, 3.8) is 0 Å². The van der Waals surface area contributed by atoms with Crippen molar-refractivity contribution < 1.29 is 9.90 Å². The number of nitrogens with two attached hydrogens (primary N) is 1. The highest BCUT2D eigenvalue weighted by atomic mass is 16.3. The molecule has 0 saturated heterocycles. The minimum absolute atomic E-state index is 0.0352. The first-order chi connectivity index (χ1) is 8.97. The molecular weight excluding hydrogens is 242 g/mol. The zero-order valence-electron chi connectivity index (χ0n) is 11.4. The molecule has 0 bridgehead atoms. The van der Waals surface area contributed by atoms with Crippen LogP contribution >= 0.6 is 0 Å². The highest BCUT2D eigenvalue weighted by molar-refractivity contribution is 5.79. The molecule has 5 heteroatoms. The zero-order chi connectivity index (χ0) is 14.0. The van der Waals surface area contributed by atoms with Gasteiger partial charge >= 0.3 is 0 Å². The maximum absolute atomic E-state index is 12.0. The van der Waals surface area contributed by atoms with Crippen molar-refractivity contribution in [1.82, 2.24) is 10.3 Å². The number of nitrogens with one attached hydrogen (secondary N) is 1. The second kappa shape index (κ2) is 5.67. The van der Waals surface area contributed by atoms with Crippen LogP contribution in [0.2, 0.25) is 0 Å². The van der Waals surface area contributed by atoms with Gasteiger partial charge in [0.15, 0.2) is 0 Å². The van der Waals surface area contributed by atoms with E-state index in [1.807, 2.05) is 19.9 Å². The minimum atomic E-state index is -0.557. The molecule has 4 N–H and O–H groups in total. The predicted octanol–water partition coefficient (Wildman–Crippen LogP) is 0.413. The molecule has 1 fully saturated rings. The van der Waals surface area contributed by atoms with Crippen molar-refractivity contribution in [2.45, 2.75) is 45.4 Å². The molecule has 0 spiro atoms. The van der Waals surface area contributed by atoms with Crippen LogP contribution in [-0.4, -0.2) is 28.1 Å². The largest absolute Gasteiger partial charge is 0.391 e. The predicted molar refractivity (Wildman–Crippen MR) is 72.3 cm³/mol. The fraction of sp³-hybridized carbons (Fsp3) is 0.571. The van der Waals surface area contributed by atoms with Crippen LogP contribution in [0.4, 0.5) is 0 Å². The van der Waals surface area contributed by atoms with E-state index in [9.17, 15) is 9.90 Å². The normalized spacial score (nSPS) is 26.4. The summed E-state index contributed by atoms with van der Waals surface area (Å²) in [6.07, 6.45) is 2.25. The lowest BCUT2D eigenvalue weighted by atomic mass is 10.1. The second-order valence-electron chi connectivity index (χ2n) is 5.37. The molecule has 1 aliphatic carbocycles. The van der Waals surface area contributed by atoms with Gasteiger partial charge in [-0.15, -0.1) is 0 Å². The van der Waals surface area contributed by atoms with E-state index in [1.54, 1.807) is 6.20 Å². The Morgan fingerprint density at radius 2 is 2.26 bits per heavy atom. The Morgan fingerprint density at radius 1 is 1.53 bits per heavy atom. The molecule has 0 radical (unpaired) electrons. The molecule has 1 aromatic heterocycles. The number of amides is 1. The van der Waals surface area contributed by atoms with Gasteiger partial charge < -0.3 is 16.2 Å². The van der Waals surface area contributed by atoms with Gasteiger partial charge in [-0.2, -0.15) is 0 Å². The number of hydrogen-bond donors (Lipinski definition) is 3. The maximum Gasteiger partial charge on any atom is 0.223 e. The van der Waals surface area contributed by atoms with Crippen molar-refractivity contribution in [2.24, 2.45) is 11.7 Å². The van der Waals surface area contributed by atoms with Gasteiger partial charge in [-0.25, -0.2) is 0 Å². The Kier molecular flexibility index (Phi) is 4.17. The fourth-order valence-electron chi connectivity index (χ4n) is 2.50. The van der Waals surface area contributed by atoms with Crippen LogP contribution in [0.3, 0.4) is 0 Å². The Labute approximate surface area is 113 Å². The number of aliphatic hydroxyl groups is 1. The van der Waals surface area contributed by atoms with E-state index >= 15 is 0 Å². The Bertz CT molecular complexity index is 466. The molecule has 0 unspecified atom stereocenters. The SMILES string of the molecule is Cc1cc(C)c(CNC(=O)[C@H]2C[C@H](N)[C@@H](O)C2)cn1. The average molecular weight is 263 g/mol. The third-order valence-electron chi connectivity index (χ3n) is 3.76. The van der Waals surface area contributed by atoms with Crippen LogP contribution in [0.25, 0.3) is 0 Å². The first kappa shape index (κ1) is 14.0. The molecule has 0 aromatic carbocycles. The van der Waals surface area contributed by atoms with Crippen LogP contribution in [0.1, 0.15) is 29.7 Å². The molecule has 1 saturated carbocycles. The van der Waals surface area contributed by atoms with Crippen molar-refractivity contribution in [2.75, 3.05) is 0 Å². The molecule has 3 atom stereocenters. The van der Waals surface area contributed by atoms with Gasteiger partial charge in [-0.3, -0.25) is 9.78 Å². The second-order valence-corrected chi connectivity index (χ2v) is 5.37. The summed E-state index contributed by atoms with van der Waals surface area (Å²) in [4.78, 5) is 16.2. The third kappa shape index (κ3) is 3.30. The van der Waals surface area contributed by atoms with Crippen molar-refractivity contribution >= 4 is 5.91 Å². The molecule has 1 aliphatic rings. The van der Waals surface area contributed by atoms with Crippen molar-refractivity contribution in [3.05, 3.63) is 29.1 Å². The van der Waals surface area contributed by atoms with Gasteiger partial charge in [0.2, 0.25) is 5.91 Å². The third-order valence-corrected chi connectivity index (χ3v) is 3.76. The quantitative estimate of drug-likeness (QED) is 0.737. The number of nitrogens with zero attached hydrogens (tertiary/aromatic N) is 1. The molecular formula is C14H21N3O2. The minimum Gasteiger partial charge on any atom is -0.391 e. The van der Waals surface area contributed by atoms with E-state index in [-0.39, 0.29) is 17.9 Å². The number of carbonyl (C=O) groups is 1. The Balaban J connectivity index is 1.90. The van der Waals surface area contributed by atoms with Crippen LogP contribution in [-0.2, 0) is 11.3 Å². The molecule has 19 heavy (non-hydrogen) atoms. The van der Waals surface area contributed by atoms with Crippen molar-refractivity contribution in [1.29, 1.82) is 0 Å². The average Bonchev–Trinajstić information content (AvgIpc) is 2.68. The van der Waals surface area contributed by atoms with Gasteiger partial charge in [-0.1, -0.05) is 0 Å². The van der Waals surface area contributed by atoms with E-state index in [0.717, 1.165) is 16.8 Å². The lowest BCUT2D eigenvalue weighted by Crippen LogP contribution is -2.30. The molecule has 1 heterocycles.